The monoisotopic (exact) mass is 397 g/mol. The van der Waals surface area contributed by atoms with Crippen LogP contribution in [0.4, 0.5) is 0 Å². The summed E-state index contributed by atoms with van der Waals surface area (Å²) >= 11 is 0. The number of hydrogen-bond acceptors (Lipinski definition) is 4. The zero-order valence-corrected chi connectivity index (χ0v) is 16.7. The molecule has 0 aliphatic carbocycles. The van der Waals surface area contributed by atoms with Crippen LogP contribution in [0.15, 0.2) is 54.6 Å². The molecule has 6 nitrogen and oxygen atoms in total. The van der Waals surface area contributed by atoms with E-state index in [0.29, 0.717) is 38.3 Å². The summed E-state index contributed by atoms with van der Waals surface area (Å²) in [4.78, 5) is 26.2. The van der Waals surface area contributed by atoms with Crippen molar-refractivity contribution in [1.29, 1.82) is 0 Å². The third-order valence-corrected chi connectivity index (χ3v) is 5.36. The molecule has 1 saturated heterocycles. The Kier molecular flexibility index (Phi) is 6.75. The van der Waals surface area contributed by atoms with E-state index >= 15 is 0 Å². The average Bonchev–Trinajstić information content (AvgIpc) is 2.77. The number of ether oxygens (including phenoxy) is 2. The summed E-state index contributed by atoms with van der Waals surface area (Å²) in [5.41, 5.74) is -0.144. The minimum absolute atomic E-state index is 0.0689. The Balaban J connectivity index is 1.54. The van der Waals surface area contributed by atoms with Crippen LogP contribution in [0.25, 0.3) is 0 Å². The van der Waals surface area contributed by atoms with Crippen molar-refractivity contribution in [2.75, 3.05) is 26.3 Å². The highest BCUT2D eigenvalue weighted by Gasteiger charge is 2.43. The van der Waals surface area contributed by atoms with Crippen LogP contribution in [0.2, 0.25) is 0 Å². The van der Waals surface area contributed by atoms with Crippen LogP contribution in [0.1, 0.15) is 31.7 Å². The van der Waals surface area contributed by atoms with Gasteiger partial charge in [0.15, 0.2) is 6.61 Å². The van der Waals surface area contributed by atoms with Crippen molar-refractivity contribution < 1.29 is 24.2 Å². The molecule has 3 rings (SSSR count). The number of aliphatic carboxylic acids is 1. The molecule has 29 heavy (non-hydrogen) atoms. The van der Waals surface area contributed by atoms with E-state index in [2.05, 4.69) is 0 Å². The SMILES string of the molecule is CCCOc1ccc(OCC(=O)N2CCC(C(=O)O)(c3ccccc3)CC2)cc1. The van der Waals surface area contributed by atoms with Crippen LogP contribution in [-0.4, -0.2) is 48.2 Å². The molecule has 1 amide bonds. The van der Waals surface area contributed by atoms with Crippen LogP contribution in [0.3, 0.4) is 0 Å². The molecule has 0 saturated carbocycles. The summed E-state index contributed by atoms with van der Waals surface area (Å²) in [7, 11) is 0. The molecular formula is C23H27NO5. The summed E-state index contributed by atoms with van der Waals surface area (Å²) in [6, 6.07) is 16.5. The number of carbonyl (C=O) groups is 2. The number of likely N-dealkylation sites (tertiary alicyclic amines) is 1. The first-order chi connectivity index (χ1) is 14.0. The van der Waals surface area contributed by atoms with Gasteiger partial charge in [-0.1, -0.05) is 37.3 Å². The van der Waals surface area contributed by atoms with Crippen LogP contribution >= 0.6 is 0 Å². The highest BCUT2D eigenvalue weighted by atomic mass is 16.5. The summed E-state index contributed by atoms with van der Waals surface area (Å²) in [6.45, 7) is 3.43. The summed E-state index contributed by atoms with van der Waals surface area (Å²) in [6.07, 6.45) is 1.72. The summed E-state index contributed by atoms with van der Waals surface area (Å²) in [5.74, 6) is 0.400. The molecule has 0 atom stereocenters. The van der Waals surface area contributed by atoms with E-state index in [1.54, 1.807) is 17.0 Å². The summed E-state index contributed by atoms with van der Waals surface area (Å²) < 4.78 is 11.1. The lowest BCUT2D eigenvalue weighted by molar-refractivity contribution is -0.148. The molecule has 0 radical (unpaired) electrons. The Labute approximate surface area is 171 Å². The van der Waals surface area contributed by atoms with Gasteiger partial charge in [0.1, 0.15) is 11.5 Å². The topological polar surface area (TPSA) is 76.1 Å². The molecule has 1 aliphatic heterocycles. The number of carboxylic acid groups (broad SMARTS) is 1. The molecule has 1 fully saturated rings. The molecule has 0 bridgehead atoms. The largest absolute Gasteiger partial charge is 0.494 e. The lowest BCUT2D eigenvalue weighted by atomic mass is 9.73. The van der Waals surface area contributed by atoms with Gasteiger partial charge in [0, 0.05) is 13.1 Å². The molecule has 1 N–H and O–H groups in total. The maximum absolute atomic E-state index is 12.5. The average molecular weight is 397 g/mol. The third kappa shape index (κ3) is 4.88. The number of benzene rings is 2. The highest BCUT2D eigenvalue weighted by molar-refractivity contribution is 5.83. The van der Waals surface area contributed by atoms with Crippen molar-refractivity contribution in [2.24, 2.45) is 0 Å². The Bertz CT molecular complexity index is 811. The van der Waals surface area contributed by atoms with Gasteiger partial charge in [-0.3, -0.25) is 9.59 Å². The number of nitrogens with zero attached hydrogens (tertiary/aromatic N) is 1. The maximum atomic E-state index is 12.5. The molecule has 154 valence electrons. The standard InChI is InChI=1S/C23H27NO5/c1-2-16-28-19-8-10-20(11-9-19)29-17-21(25)24-14-12-23(13-15-24,22(26)27)18-6-4-3-5-7-18/h3-11H,2,12-17H2,1H3,(H,26,27). The molecular weight excluding hydrogens is 370 g/mol. The minimum atomic E-state index is -0.937. The number of carboxylic acids is 1. The van der Waals surface area contributed by atoms with Gasteiger partial charge in [-0.15, -0.1) is 0 Å². The van der Waals surface area contributed by atoms with E-state index in [1.165, 1.54) is 0 Å². The Morgan fingerprint density at radius 1 is 0.966 bits per heavy atom. The molecule has 6 heteroatoms. The predicted octanol–water partition coefficient (Wildman–Crippen LogP) is 3.50. The number of piperidine rings is 1. The zero-order valence-electron chi connectivity index (χ0n) is 16.7. The fourth-order valence-electron chi connectivity index (χ4n) is 3.61. The fraction of sp³-hybridized carbons (Fsp3) is 0.391. The smallest absolute Gasteiger partial charge is 0.314 e. The van der Waals surface area contributed by atoms with Gasteiger partial charge in [-0.2, -0.15) is 0 Å². The Morgan fingerprint density at radius 3 is 2.10 bits per heavy atom. The number of amides is 1. The Morgan fingerprint density at radius 2 is 1.55 bits per heavy atom. The zero-order chi connectivity index (χ0) is 20.7. The van der Waals surface area contributed by atoms with Gasteiger partial charge in [-0.25, -0.2) is 0 Å². The molecule has 2 aromatic rings. The number of rotatable bonds is 8. The van der Waals surface area contributed by atoms with Gasteiger partial charge in [0.2, 0.25) is 0 Å². The van der Waals surface area contributed by atoms with Crippen molar-refractivity contribution in [2.45, 2.75) is 31.6 Å². The van der Waals surface area contributed by atoms with E-state index in [4.69, 9.17) is 9.47 Å². The van der Waals surface area contributed by atoms with E-state index in [1.807, 2.05) is 49.4 Å². The Hall–Kier alpha value is -3.02. The van der Waals surface area contributed by atoms with Crippen LogP contribution in [0.5, 0.6) is 11.5 Å². The fourth-order valence-corrected chi connectivity index (χ4v) is 3.61. The normalized spacial score (nSPS) is 15.6. The van der Waals surface area contributed by atoms with Crippen molar-refractivity contribution in [1.82, 2.24) is 4.90 Å². The molecule has 1 heterocycles. The van der Waals surface area contributed by atoms with Gasteiger partial charge >= 0.3 is 5.97 Å². The molecule has 2 aromatic carbocycles. The van der Waals surface area contributed by atoms with Gasteiger partial charge in [0.25, 0.3) is 5.91 Å². The van der Waals surface area contributed by atoms with Gasteiger partial charge in [-0.05, 0) is 49.1 Å². The van der Waals surface area contributed by atoms with Crippen molar-refractivity contribution >= 4 is 11.9 Å². The van der Waals surface area contributed by atoms with E-state index < -0.39 is 11.4 Å². The molecule has 0 aromatic heterocycles. The quantitative estimate of drug-likeness (QED) is 0.738. The minimum Gasteiger partial charge on any atom is -0.494 e. The molecule has 1 aliphatic rings. The first kappa shape index (κ1) is 20.7. The first-order valence-corrected chi connectivity index (χ1v) is 9.97. The van der Waals surface area contributed by atoms with Crippen LogP contribution in [0, 0.1) is 0 Å². The maximum Gasteiger partial charge on any atom is 0.314 e. The van der Waals surface area contributed by atoms with E-state index in [9.17, 15) is 14.7 Å². The third-order valence-electron chi connectivity index (χ3n) is 5.36. The van der Waals surface area contributed by atoms with Crippen LogP contribution < -0.4 is 9.47 Å². The summed E-state index contributed by atoms with van der Waals surface area (Å²) in [5, 5.41) is 9.86. The van der Waals surface area contributed by atoms with E-state index in [0.717, 1.165) is 17.7 Å². The second kappa shape index (κ2) is 9.45. The number of hydrogen-bond donors (Lipinski definition) is 1. The first-order valence-electron chi connectivity index (χ1n) is 9.97. The lowest BCUT2D eigenvalue weighted by Crippen LogP contribution is -2.50. The van der Waals surface area contributed by atoms with Crippen molar-refractivity contribution in [3.63, 3.8) is 0 Å². The second-order valence-corrected chi connectivity index (χ2v) is 7.24. The highest BCUT2D eigenvalue weighted by Crippen LogP contribution is 2.36. The number of carbonyl (C=O) groups excluding carboxylic acids is 1. The van der Waals surface area contributed by atoms with E-state index in [-0.39, 0.29) is 12.5 Å². The van der Waals surface area contributed by atoms with Crippen molar-refractivity contribution in [3.05, 3.63) is 60.2 Å². The lowest BCUT2D eigenvalue weighted by Gasteiger charge is -2.39. The van der Waals surface area contributed by atoms with Crippen LogP contribution in [-0.2, 0) is 15.0 Å². The molecule has 0 spiro atoms. The predicted molar refractivity (Wildman–Crippen MR) is 109 cm³/mol. The van der Waals surface area contributed by atoms with Crippen molar-refractivity contribution in [3.8, 4) is 11.5 Å². The van der Waals surface area contributed by atoms with Gasteiger partial charge < -0.3 is 19.5 Å². The molecule has 0 unspecified atom stereocenters. The second-order valence-electron chi connectivity index (χ2n) is 7.24. The van der Waals surface area contributed by atoms with Gasteiger partial charge in [0.05, 0.1) is 12.0 Å².